The highest BCUT2D eigenvalue weighted by Crippen LogP contribution is 2.31. The first-order valence-corrected chi connectivity index (χ1v) is 5.92. The van der Waals surface area contributed by atoms with Crippen LogP contribution in [0.2, 0.25) is 0 Å². The maximum Gasteiger partial charge on any atom is 0.311 e. The Hall–Kier alpha value is -2.47. The largest absolute Gasteiger partial charge is 0.450 e. The van der Waals surface area contributed by atoms with Gasteiger partial charge >= 0.3 is 5.69 Å². The van der Waals surface area contributed by atoms with Gasteiger partial charge in [0.1, 0.15) is 11.6 Å². The van der Waals surface area contributed by atoms with Gasteiger partial charge in [-0.3, -0.25) is 10.1 Å². The Morgan fingerprint density at radius 2 is 1.90 bits per heavy atom. The van der Waals surface area contributed by atoms with Crippen molar-refractivity contribution in [2.45, 2.75) is 6.42 Å². The molecule has 0 bridgehead atoms. The van der Waals surface area contributed by atoms with Crippen LogP contribution in [0.25, 0.3) is 0 Å². The number of aliphatic hydroxyl groups is 1. The number of halogens is 1. The van der Waals surface area contributed by atoms with E-state index in [4.69, 9.17) is 9.84 Å². The molecule has 0 aliphatic rings. The SMILES string of the molecule is O=[N+]([O-])c1ccc(F)cc1Oc1ccc(CCO)cc1. The van der Waals surface area contributed by atoms with E-state index < -0.39 is 10.7 Å². The van der Waals surface area contributed by atoms with Crippen molar-refractivity contribution in [3.05, 3.63) is 64.0 Å². The Morgan fingerprint density at radius 3 is 2.50 bits per heavy atom. The van der Waals surface area contributed by atoms with Crippen LogP contribution in [0.4, 0.5) is 10.1 Å². The molecule has 0 aliphatic carbocycles. The van der Waals surface area contributed by atoms with Crippen molar-refractivity contribution < 1.29 is 19.2 Å². The van der Waals surface area contributed by atoms with E-state index in [1.807, 2.05) is 0 Å². The molecule has 5 nitrogen and oxygen atoms in total. The molecule has 0 atom stereocenters. The van der Waals surface area contributed by atoms with Gasteiger partial charge in [-0.2, -0.15) is 0 Å². The summed E-state index contributed by atoms with van der Waals surface area (Å²) in [5.74, 6) is -0.396. The number of hydrogen-bond acceptors (Lipinski definition) is 4. The predicted molar refractivity (Wildman–Crippen MR) is 70.4 cm³/mol. The van der Waals surface area contributed by atoms with E-state index in [2.05, 4.69) is 0 Å². The number of rotatable bonds is 5. The lowest BCUT2D eigenvalue weighted by molar-refractivity contribution is -0.385. The van der Waals surface area contributed by atoms with Crippen molar-refractivity contribution in [2.75, 3.05) is 6.61 Å². The number of hydrogen-bond donors (Lipinski definition) is 1. The summed E-state index contributed by atoms with van der Waals surface area (Å²) in [6.45, 7) is 0.0373. The van der Waals surface area contributed by atoms with Crippen molar-refractivity contribution in [2.24, 2.45) is 0 Å². The van der Waals surface area contributed by atoms with Crippen LogP contribution < -0.4 is 4.74 Å². The minimum atomic E-state index is -0.630. The molecule has 0 heterocycles. The molecule has 0 amide bonds. The lowest BCUT2D eigenvalue weighted by atomic mass is 10.1. The molecule has 0 radical (unpaired) electrons. The van der Waals surface area contributed by atoms with Crippen LogP contribution in [0.15, 0.2) is 42.5 Å². The summed E-state index contributed by atoms with van der Waals surface area (Å²) < 4.78 is 18.5. The molecule has 0 fully saturated rings. The van der Waals surface area contributed by atoms with Gasteiger partial charge in [0.25, 0.3) is 0 Å². The Bertz CT molecular complexity index is 613. The first-order valence-electron chi connectivity index (χ1n) is 5.92. The summed E-state index contributed by atoms with van der Waals surface area (Å²) in [5, 5.41) is 19.6. The monoisotopic (exact) mass is 277 g/mol. The Morgan fingerprint density at radius 1 is 1.20 bits per heavy atom. The molecule has 104 valence electrons. The average Bonchev–Trinajstić information content (AvgIpc) is 2.41. The third-order valence-corrected chi connectivity index (χ3v) is 2.67. The summed E-state index contributed by atoms with van der Waals surface area (Å²) in [7, 11) is 0. The number of nitro groups is 1. The first-order chi connectivity index (χ1) is 9.60. The predicted octanol–water partition coefficient (Wildman–Crippen LogP) is 3.06. The van der Waals surface area contributed by atoms with Crippen LogP contribution in [0, 0.1) is 15.9 Å². The van der Waals surface area contributed by atoms with Crippen molar-refractivity contribution in [1.29, 1.82) is 0 Å². The smallest absolute Gasteiger partial charge is 0.311 e. The molecule has 0 spiro atoms. The van der Waals surface area contributed by atoms with Gasteiger partial charge in [-0.15, -0.1) is 0 Å². The number of nitro benzene ring substituents is 1. The molecule has 0 unspecified atom stereocenters. The molecule has 0 saturated heterocycles. The van der Waals surface area contributed by atoms with Crippen molar-refractivity contribution >= 4 is 5.69 Å². The van der Waals surface area contributed by atoms with E-state index in [1.165, 1.54) is 0 Å². The second-order valence-corrected chi connectivity index (χ2v) is 4.09. The summed E-state index contributed by atoms with van der Waals surface area (Å²) in [5.41, 5.74) is 0.611. The fourth-order valence-corrected chi connectivity index (χ4v) is 1.70. The molecule has 2 aromatic carbocycles. The minimum absolute atomic E-state index is 0.0373. The minimum Gasteiger partial charge on any atom is -0.450 e. The van der Waals surface area contributed by atoms with E-state index >= 15 is 0 Å². The van der Waals surface area contributed by atoms with Gasteiger partial charge in [-0.25, -0.2) is 4.39 Å². The summed E-state index contributed by atoms with van der Waals surface area (Å²) in [6, 6.07) is 9.73. The maximum atomic E-state index is 13.1. The van der Waals surface area contributed by atoms with E-state index in [1.54, 1.807) is 24.3 Å². The van der Waals surface area contributed by atoms with Gasteiger partial charge < -0.3 is 9.84 Å². The summed E-state index contributed by atoms with van der Waals surface area (Å²) in [6.07, 6.45) is 0.514. The lowest BCUT2D eigenvalue weighted by Gasteiger charge is -2.07. The molecule has 2 rings (SSSR count). The maximum absolute atomic E-state index is 13.1. The Kier molecular flexibility index (Phi) is 4.27. The van der Waals surface area contributed by atoms with Gasteiger partial charge in [0.05, 0.1) is 4.92 Å². The van der Waals surface area contributed by atoms with E-state index in [9.17, 15) is 14.5 Å². The van der Waals surface area contributed by atoms with Crippen LogP contribution in [0.5, 0.6) is 11.5 Å². The number of nitrogens with zero attached hydrogens (tertiary/aromatic N) is 1. The van der Waals surface area contributed by atoms with Crippen LogP contribution in [-0.4, -0.2) is 16.6 Å². The second-order valence-electron chi connectivity index (χ2n) is 4.09. The van der Waals surface area contributed by atoms with Crippen LogP contribution in [0.1, 0.15) is 5.56 Å². The molecule has 1 N–H and O–H groups in total. The number of benzene rings is 2. The van der Waals surface area contributed by atoms with Crippen LogP contribution >= 0.6 is 0 Å². The zero-order valence-electron chi connectivity index (χ0n) is 10.5. The van der Waals surface area contributed by atoms with Gasteiger partial charge in [0, 0.05) is 18.7 Å². The second kappa shape index (κ2) is 6.12. The van der Waals surface area contributed by atoms with E-state index in [0.29, 0.717) is 12.2 Å². The van der Waals surface area contributed by atoms with E-state index in [0.717, 1.165) is 23.8 Å². The molecule has 0 aliphatic heterocycles. The third-order valence-electron chi connectivity index (χ3n) is 2.67. The lowest BCUT2D eigenvalue weighted by Crippen LogP contribution is -1.95. The Labute approximate surface area is 114 Å². The summed E-state index contributed by atoms with van der Waals surface area (Å²) >= 11 is 0. The highest BCUT2D eigenvalue weighted by Gasteiger charge is 2.16. The topological polar surface area (TPSA) is 72.6 Å². The fourth-order valence-electron chi connectivity index (χ4n) is 1.70. The first kappa shape index (κ1) is 14.0. The molecule has 20 heavy (non-hydrogen) atoms. The number of ether oxygens (including phenoxy) is 1. The molecule has 6 heteroatoms. The molecular weight excluding hydrogens is 265 g/mol. The van der Waals surface area contributed by atoms with Gasteiger partial charge in [-0.05, 0) is 30.2 Å². The van der Waals surface area contributed by atoms with Crippen molar-refractivity contribution in [1.82, 2.24) is 0 Å². The molecule has 0 aromatic heterocycles. The van der Waals surface area contributed by atoms with Gasteiger partial charge in [0.2, 0.25) is 5.75 Å². The fraction of sp³-hybridized carbons (Fsp3) is 0.143. The van der Waals surface area contributed by atoms with Crippen molar-refractivity contribution in [3.8, 4) is 11.5 Å². The quantitative estimate of drug-likeness (QED) is 0.673. The number of aliphatic hydroxyl groups excluding tert-OH is 1. The highest BCUT2D eigenvalue weighted by molar-refractivity contribution is 5.48. The van der Waals surface area contributed by atoms with Crippen LogP contribution in [0.3, 0.4) is 0 Å². The molecule has 2 aromatic rings. The van der Waals surface area contributed by atoms with Crippen molar-refractivity contribution in [3.63, 3.8) is 0 Å². The zero-order valence-corrected chi connectivity index (χ0v) is 10.5. The normalized spacial score (nSPS) is 10.3. The summed E-state index contributed by atoms with van der Waals surface area (Å²) in [4.78, 5) is 10.2. The molecular formula is C14H12FNO4. The third kappa shape index (κ3) is 3.30. The van der Waals surface area contributed by atoms with E-state index in [-0.39, 0.29) is 18.0 Å². The van der Waals surface area contributed by atoms with Gasteiger partial charge in [-0.1, -0.05) is 12.1 Å². The zero-order chi connectivity index (χ0) is 14.5. The van der Waals surface area contributed by atoms with Gasteiger partial charge in [0.15, 0.2) is 0 Å². The molecule has 0 saturated carbocycles. The highest BCUT2D eigenvalue weighted by atomic mass is 19.1. The standard InChI is InChI=1S/C14H12FNO4/c15-11-3-6-13(16(18)19)14(9-11)20-12-4-1-10(2-5-12)7-8-17/h1-6,9,17H,7-8H2. The Balaban J connectivity index is 2.25. The van der Waals surface area contributed by atoms with Crippen LogP contribution in [-0.2, 0) is 6.42 Å². The average molecular weight is 277 g/mol.